The molecule has 0 fully saturated rings. The van der Waals surface area contributed by atoms with Crippen LogP contribution in [0.4, 0.5) is 0 Å². The van der Waals surface area contributed by atoms with Gasteiger partial charge in [-0.05, 0) is 0 Å². The molecular weight excluding hydrogens is 65.8 g/mol. The fourth-order valence-corrected chi connectivity index (χ4v) is 0. The van der Waals surface area contributed by atoms with E-state index in [1.54, 1.807) is 0 Å². The minimum absolute atomic E-state index is 0.370. The zero-order valence-electron chi connectivity index (χ0n) is 2.50. The minimum Gasteiger partial charge on any atom is -0.176 e. The van der Waals surface area contributed by atoms with Gasteiger partial charge in [-0.3, -0.25) is 0 Å². The van der Waals surface area contributed by atoms with Crippen LogP contribution in [0.25, 0.3) is 0 Å². The summed E-state index contributed by atoms with van der Waals surface area (Å²) in [5.74, 6) is 0. The Morgan fingerprint density at radius 3 is 1.50 bits per heavy atom. The molecule has 0 amide bonds. The van der Waals surface area contributed by atoms with Crippen molar-refractivity contribution in [1.82, 2.24) is 0 Å². The van der Waals surface area contributed by atoms with Gasteiger partial charge in [0, 0.05) is 13.3 Å². The molecule has 0 bridgehead atoms. The summed E-state index contributed by atoms with van der Waals surface area (Å²) in [6.45, 7) is 4.76. The second kappa shape index (κ2) is 1.78. The molecule has 0 spiro atoms. The lowest BCUT2D eigenvalue weighted by molar-refractivity contribution is 2.29. The molecule has 2 heteroatoms. The summed E-state index contributed by atoms with van der Waals surface area (Å²) in [5.41, 5.74) is 0. The molecule has 26 valence electrons. The third-order valence-electron chi connectivity index (χ3n) is 0. The van der Waals surface area contributed by atoms with Crippen molar-refractivity contribution in [2.24, 2.45) is 0 Å². The van der Waals surface area contributed by atoms with Crippen molar-refractivity contribution < 1.29 is 0 Å². The molecule has 0 aromatic heterocycles. The van der Waals surface area contributed by atoms with Crippen LogP contribution in [0.3, 0.4) is 0 Å². The van der Waals surface area contributed by atoms with Crippen molar-refractivity contribution in [3.63, 3.8) is 0 Å². The summed E-state index contributed by atoms with van der Waals surface area (Å²) in [5, 5.41) is 0. The Balaban J connectivity index is 2.32. The van der Waals surface area contributed by atoms with Gasteiger partial charge < -0.3 is 0 Å². The van der Waals surface area contributed by atoms with Gasteiger partial charge in [-0.1, -0.05) is 0 Å². The molecule has 0 aliphatic rings. The first-order chi connectivity index (χ1) is 1.73. The maximum absolute atomic E-state index is 2.38. The van der Waals surface area contributed by atoms with Crippen molar-refractivity contribution in [2.45, 2.75) is 0 Å². The maximum Gasteiger partial charge on any atom is 0.123 e. The predicted molar refractivity (Wildman–Crippen MR) is 30.1 cm³/mol. The first-order valence-electron chi connectivity index (χ1n) is 1.00. The van der Waals surface area contributed by atoms with Gasteiger partial charge >= 0.3 is 0 Å². The molecule has 0 radical (unpaired) electrons. The van der Waals surface area contributed by atoms with Crippen LogP contribution in [0.1, 0.15) is 0 Å². The lowest BCUT2D eigenvalue weighted by atomic mass is 10.8. The molecule has 0 nitrogen and oxygen atoms in total. The Labute approximate surface area is 29.7 Å². The van der Waals surface area contributed by atoms with Crippen LogP contribution in [0, 0.1) is 0 Å². The zero-order valence-corrected chi connectivity index (χ0v) is 3.50. The number of rotatable bonds is 0. The van der Waals surface area contributed by atoms with Crippen molar-refractivity contribution in [1.29, 1.82) is 0 Å². The van der Waals surface area contributed by atoms with Gasteiger partial charge in [0.05, 0.1) is 0 Å². The molecule has 0 aliphatic carbocycles. The highest BCUT2D eigenvalue weighted by Gasteiger charge is 1.67. The monoisotopic (exact) mass is 76.1 g/mol. The van der Waals surface area contributed by atoms with Crippen molar-refractivity contribution in [3.05, 3.63) is 0 Å². The maximum atomic E-state index is 2.38. The van der Waals surface area contributed by atoms with E-state index in [1.165, 1.54) is 0 Å². The molecule has 0 heterocycles. The second-order valence-corrected chi connectivity index (χ2v) is 1.50. The Kier molecular flexibility index (Phi) is 2.00. The van der Waals surface area contributed by atoms with Crippen LogP contribution in [0.5, 0.6) is 0 Å². The largest absolute Gasteiger partial charge is 0.176 e. The molecule has 0 saturated heterocycles. The van der Waals surface area contributed by atoms with E-state index in [1.807, 2.05) is 0 Å². The normalized spacial score (nSPS) is 9.00. The van der Waals surface area contributed by atoms with Crippen molar-refractivity contribution in [2.75, 3.05) is 13.3 Å². The van der Waals surface area contributed by atoms with Crippen LogP contribution < -0.4 is 0 Å². The van der Waals surface area contributed by atoms with Crippen LogP contribution in [-0.4, -0.2) is 20.9 Å². The molecule has 0 unspecified atom stereocenters. The molecule has 0 aromatic rings. The fourth-order valence-electron chi connectivity index (χ4n) is 0. The van der Waals surface area contributed by atoms with Gasteiger partial charge in [-0.25, -0.2) is 0 Å². The third-order valence-corrected chi connectivity index (χ3v) is 0. The Hall–Kier alpha value is 0.495. The smallest absolute Gasteiger partial charge is 0.123 e. The SMILES string of the molecule is [BH3-][PH+](C)C. The van der Waals surface area contributed by atoms with E-state index >= 15 is 0 Å². The summed E-state index contributed by atoms with van der Waals surface area (Å²) in [7, 11) is 1.17. The lowest BCUT2D eigenvalue weighted by Gasteiger charge is -1.80. The highest BCUT2D eigenvalue weighted by Crippen LogP contribution is 2.12. The van der Waals surface area contributed by atoms with Crippen LogP contribution in [-0.2, 0) is 0 Å². The van der Waals surface area contributed by atoms with E-state index < -0.39 is 0 Å². The molecular formula is C2H10BP. The van der Waals surface area contributed by atoms with E-state index in [2.05, 4.69) is 13.3 Å². The van der Waals surface area contributed by atoms with Crippen LogP contribution in [0.15, 0.2) is 0 Å². The highest BCUT2D eigenvalue weighted by molar-refractivity contribution is 7.80. The lowest BCUT2D eigenvalue weighted by Crippen LogP contribution is -1.52. The molecule has 0 N–H and O–H groups in total. The summed E-state index contributed by atoms with van der Waals surface area (Å²) >= 11 is 0. The van der Waals surface area contributed by atoms with Gasteiger partial charge in [0.15, 0.2) is 0 Å². The molecule has 0 aliphatic heterocycles. The standard InChI is InChI=1S/C2H10BP/c1-4(2)3/h4H,1-3H3. The summed E-state index contributed by atoms with van der Waals surface area (Å²) in [6.07, 6.45) is 0. The zero-order chi connectivity index (χ0) is 3.58. The first-order valence-corrected chi connectivity index (χ1v) is 3.00. The first kappa shape index (κ1) is 4.49. The molecule has 4 heavy (non-hydrogen) atoms. The highest BCUT2D eigenvalue weighted by atomic mass is 31.1. The molecule has 0 rings (SSSR count). The van der Waals surface area contributed by atoms with Gasteiger partial charge in [-0.2, -0.15) is 7.80 Å². The summed E-state index contributed by atoms with van der Waals surface area (Å²) < 4.78 is 0. The quantitative estimate of drug-likeness (QED) is 0.275. The molecule has 0 aromatic carbocycles. The Morgan fingerprint density at radius 2 is 1.50 bits per heavy atom. The molecule has 0 saturated carbocycles. The van der Waals surface area contributed by atoms with Gasteiger partial charge in [0.2, 0.25) is 0 Å². The van der Waals surface area contributed by atoms with Crippen molar-refractivity contribution >= 4 is 15.4 Å². The third kappa shape index (κ3) is 22.8. The fraction of sp³-hybridized carbons (Fsp3) is 1.00. The summed E-state index contributed by atoms with van der Waals surface area (Å²) in [4.78, 5) is 0. The van der Waals surface area contributed by atoms with Crippen molar-refractivity contribution in [3.8, 4) is 0 Å². The van der Waals surface area contributed by atoms with Gasteiger partial charge in [-0.15, -0.1) is 0 Å². The average molecular weight is 75.9 g/mol. The van der Waals surface area contributed by atoms with Crippen LogP contribution in [0.2, 0.25) is 0 Å². The Morgan fingerprint density at radius 1 is 1.50 bits per heavy atom. The van der Waals surface area contributed by atoms with Gasteiger partial charge in [0.25, 0.3) is 0 Å². The second-order valence-electron chi connectivity index (χ2n) is 0.500. The van der Waals surface area contributed by atoms with E-state index in [0.29, 0.717) is 7.80 Å². The number of hydrogen-bond donors (Lipinski definition) is 0. The number of hydrogen-bond acceptors (Lipinski definition) is 0. The average Bonchev–Trinajstić information content (AvgIpc) is 0.811. The van der Waals surface area contributed by atoms with Crippen LogP contribution >= 0.6 is 7.80 Å². The van der Waals surface area contributed by atoms with Gasteiger partial charge in [0.1, 0.15) is 7.57 Å². The molecule has 0 atom stereocenters. The Bertz CT molecular complexity index is 10.8. The topological polar surface area (TPSA) is 0 Å². The van der Waals surface area contributed by atoms with E-state index in [4.69, 9.17) is 0 Å². The van der Waals surface area contributed by atoms with E-state index in [9.17, 15) is 0 Å². The minimum atomic E-state index is 0.370. The summed E-state index contributed by atoms with van der Waals surface area (Å²) in [6, 6.07) is 0. The van der Waals surface area contributed by atoms with E-state index in [-0.39, 0.29) is 0 Å². The predicted octanol–water partition coefficient (Wildman–Crippen LogP) is -0.259. The van der Waals surface area contributed by atoms with E-state index in [0.717, 1.165) is 7.57 Å².